The normalized spacial score (nSPS) is 11.3. The number of hydrogen-bond acceptors (Lipinski definition) is 4. The highest BCUT2D eigenvalue weighted by Gasteiger charge is 2.21. The van der Waals surface area contributed by atoms with Gasteiger partial charge in [-0.25, -0.2) is 8.42 Å². The van der Waals surface area contributed by atoms with Gasteiger partial charge in [0.2, 0.25) is 0 Å². The smallest absolute Gasteiger partial charge is 0.264 e. The number of phenolic OH excluding ortho intramolecular Hbond substituents is 1. The van der Waals surface area contributed by atoms with Gasteiger partial charge in [0.05, 0.1) is 21.3 Å². The molecule has 2 rings (SSSR count). The first-order valence-corrected chi connectivity index (χ1v) is 7.47. The Labute approximate surface area is 122 Å². The largest absolute Gasteiger partial charge is 0.508 e. The number of nitrogen functional groups attached to an aromatic ring is 1. The third-order valence-corrected chi connectivity index (χ3v) is 4.96. The number of rotatable bonds is 3. The monoisotopic (exact) mass is 312 g/mol. The number of halogens is 1. The van der Waals surface area contributed by atoms with Crippen LogP contribution in [0.15, 0.2) is 47.4 Å². The van der Waals surface area contributed by atoms with E-state index in [0.717, 1.165) is 4.31 Å². The molecule has 20 heavy (non-hydrogen) atoms. The van der Waals surface area contributed by atoms with Crippen LogP contribution >= 0.6 is 11.6 Å². The van der Waals surface area contributed by atoms with Crippen LogP contribution in [0.1, 0.15) is 0 Å². The predicted molar refractivity (Wildman–Crippen MR) is 79.6 cm³/mol. The number of phenols is 1. The SMILES string of the molecule is CN(c1ccc(O)cc1)S(=O)(=O)c1ccc(Cl)c(N)c1. The van der Waals surface area contributed by atoms with Crippen molar-refractivity contribution in [2.75, 3.05) is 17.1 Å². The molecule has 2 aromatic carbocycles. The molecule has 106 valence electrons. The van der Waals surface area contributed by atoms with Crippen molar-refractivity contribution in [2.45, 2.75) is 4.90 Å². The second-order valence-electron chi connectivity index (χ2n) is 4.17. The van der Waals surface area contributed by atoms with Crippen molar-refractivity contribution in [3.8, 4) is 5.75 Å². The number of anilines is 2. The Kier molecular flexibility index (Phi) is 3.78. The fourth-order valence-corrected chi connectivity index (χ4v) is 2.99. The van der Waals surface area contributed by atoms with Gasteiger partial charge >= 0.3 is 0 Å². The minimum atomic E-state index is -3.73. The molecule has 0 aromatic heterocycles. The number of aromatic hydroxyl groups is 1. The van der Waals surface area contributed by atoms with E-state index in [1.165, 1.54) is 49.5 Å². The average molecular weight is 313 g/mol. The lowest BCUT2D eigenvalue weighted by molar-refractivity contribution is 0.475. The zero-order valence-corrected chi connectivity index (χ0v) is 12.2. The molecule has 0 heterocycles. The van der Waals surface area contributed by atoms with Crippen molar-refractivity contribution < 1.29 is 13.5 Å². The highest BCUT2D eigenvalue weighted by atomic mass is 35.5. The first-order chi connectivity index (χ1) is 9.32. The number of nitrogens with zero attached hydrogens (tertiary/aromatic N) is 1. The Morgan fingerprint density at radius 1 is 1.15 bits per heavy atom. The van der Waals surface area contributed by atoms with Crippen molar-refractivity contribution in [1.29, 1.82) is 0 Å². The molecule has 0 spiro atoms. The molecule has 0 aliphatic heterocycles. The van der Waals surface area contributed by atoms with Gasteiger partial charge in [0.15, 0.2) is 0 Å². The third-order valence-electron chi connectivity index (χ3n) is 2.84. The van der Waals surface area contributed by atoms with Crippen LogP contribution in [0.3, 0.4) is 0 Å². The summed E-state index contributed by atoms with van der Waals surface area (Å²) < 4.78 is 26.0. The van der Waals surface area contributed by atoms with Gasteiger partial charge in [-0.15, -0.1) is 0 Å². The minimum absolute atomic E-state index is 0.0509. The molecule has 0 amide bonds. The quantitative estimate of drug-likeness (QED) is 0.853. The average Bonchev–Trinajstić information content (AvgIpc) is 2.41. The summed E-state index contributed by atoms with van der Waals surface area (Å²) in [4.78, 5) is 0.0509. The third kappa shape index (κ3) is 2.66. The van der Waals surface area contributed by atoms with Crippen LogP contribution in [-0.2, 0) is 10.0 Å². The van der Waals surface area contributed by atoms with Gasteiger partial charge in [0.1, 0.15) is 5.75 Å². The molecular formula is C13H13ClN2O3S. The molecule has 3 N–H and O–H groups in total. The number of hydrogen-bond donors (Lipinski definition) is 2. The molecule has 2 aromatic rings. The van der Waals surface area contributed by atoms with E-state index < -0.39 is 10.0 Å². The molecule has 0 aliphatic rings. The Morgan fingerprint density at radius 3 is 2.30 bits per heavy atom. The summed E-state index contributed by atoms with van der Waals surface area (Å²) in [6, 6.07) is 9.99. The van der Waals surface area contributed by atoms with Crippen molar-refractivity contribution in [3.05, 3.63) is 47.5 Å². The maximum atomic E-state index is 12.4. The molecule has 0 atom stereocenters. The fourth-order valence-electron chi connectivity index (χ4n) is 1.64. The number of sulfonamides is 1. The summed E-state index contributed by atoms with van der Waals surface area (Å²) in [5.74, 6) is 0.0651. The highest BCUT2D eigenvalue weighted by Crippen LogP contribution is 2.27. The van der Waals surface area contributed by atoms with Crippen molar-refractivity contribution in [2.24, 2.45) is 0 Å². The highest BCUT2D eigenvalue weighted by molar-refractivity contribution is 7.92. The molecule has 0 saturated carbocycles. The van der Waals surface area contributed by atoms with Crippen LogP contribution in [0, 0.1) is 0 Å². The summed E-state index contributed by atoms with van der Waals surface area (Å²) in [6.45, 7) is 0. The van der Waals surface area contributed by atoms with Crippen molar-refractivity contribution in [3.63, 3.8) is 0 Å². The van der Waals surface area contributed by atoms with E-state index in [2.05, 4.69) is 0 Å². The van der Waals surface area contributed by atoms with E-state index in [9.17, 15) is 13.5 Å². The Bertz CT molecular complexity index is 730. The molecule has 0 radical (unpaired) electrons. The molecule has 0 bridgehead atoms. The van der Waals surface area contributed by atoms with Crippen LogP contribution < -0.4 is 10.0 Å². The van der Waals surface area contributed by atoms with Crippen LogP contribution in [0.4, 0.5) is 11.4 Å². The standard InChI is InChI=1S/C13H13ClN2O3S/c1-16(9-2-4-10(17)5-3-9)20(18,19)11-6-7-12(14)13(15)8-11/h2-8,17H,15H2,1H3. The van der Waals surface area contributed by atoms with Crippen LogP contribution in [0.2, 0.25) is 5.02 Å². The van der Waals surface area contributed by atoms with Gasteiger partial charge in [0.25, 0.3) is 10.0 Å². The predicted octanol–water partition coefficient (Wildman–Crippen LogP) is 2.45. The van der Waals surface area contributed by atoms with Crippen molar-refractivity contribution >= 4 is 33.0 Å². The van der Waals surface area contributed by atoms with Gasteiger partial charge in [-0.05, 0) is 42.5 Å². The first kappa shape index (κ1) is 14.5. The van der Waals surface area contributed by atoms with Gasteiger partial charge < -0.3 is 10.8 Å². The second-order valence-corrected chi connectivity index (χ2v) is 6.55. The Morgan fingerprint density at radius 2 is 1.75 bits per heavy atom. The summed E-state index contributed by atoms with van der Waals surface area (Å²) in [5, 5.41) is 9.53. The van der Waals surface area contributed by atoms with Crippen LogP contribution in [0.5, 0.6) is 5.75 Å². The van der Waals surface area contributed by atoms with E-state index in [4.69, 9.17) is 17.3 Å². The van der Waals surface area contributed by atoms with Crippen molar-refractivity contribution in [1.82, 2.24) is 0 Å². The maximum Gasteiger partial charge on any atom is 0.264 e. The lowest BCUT2D eigenvalue weighted by atomic mass is 10.3. The van der Waals surface area contributed by atoms with E-state index in [1.807, 2.05) is 0 Å². The van der Waals surface area contributed by atoms with Gasteiger partial charge in [-0.2, -0.15) is 0 Å². The zero-order chi connectivity index (χ0) is 14.9. The van der Waals surface area contributed by atoms with Gasteiger partial charge in [0, 0.05) is 7.05 Å². The summed E-state index contributed by atoms with van der Waals surface area (Å²) >= 11 is 5.78. The second kappa shape index (κ2) is 5.22. The van der Waals surface area contributed by atoms with Gasteiger partial charge in [-0.1, -0.05) is 11.6 Å². The maximum absolute atomic E-state index is 12.4. The molecule has 0 saturated heterocycles. The number of nitrogens with two attached hydrogens (primary N) is 1. The van der Waals surface area contributed by atoms with Crippen LogP contribution in [-0.4, -0.2) is 20.6 Å². The molecule has 0 aliphatic carbocycles. The lowest BCUT2D eigenvalue weighted by Crippen LogP contribution is -2.26. The fraction of sp³-hybridized carbons (Fsp3) is 0.0769. The van der Waals surface area contributed by atoms with Gasteiger partial charge in [-0.3, -0.25) is 4.31 Å². The van der Waals surface area contributed by atoms with E-state index >= 15 is 0 Å². The zero-order valence-electron chi connectivity index (χ0n) is 10.6. The lowest BCUT2D eigenvalue weighted by Gasteiger charge is -2.19. The minimum Gasteiger partial charge on any atom is -0.508 e. The van der Waals surface area contributed by atoms with E-state index in [-0.39, 0.29) is 16.3 Å². The molecule has 0 fully saturated rings. The Hall–Kier alpha value is -1.92. The summed E-state index contributed by atoms with van der Waals surface area (Å²) in [6.07, 6.45) is 0. The summed E-state index contributed by atoms with van der Waals surface area (Å²) in [7, 11) is -2.31. The molecular weight excluding hydrogens is 300 g/mol. The summed E-state index contributed by atoms with van der Waals surface area (Å²) in [5.41, 5.74) is 6.26. The van der Waals surface area contributed by atoms with E-state index in [1.54, 1.807) is 0 Å². The molecule has 7 heteroatoms. The number of benzene rings is 2. The topological polar surface area (TPSA) is 83.6 Å². The molecule has 5 nitrogen and oxygen atoms in total. The first-order valence-electron chi connectivity index (χ1n) is 5.65. The van der Waals surface area contributed by atoms with E-state index in [0.29, 0.717) is 10.7 Å². The van der Waals surface area contributed by atoms with Crippen LogP contribution in [0.25, 0.3) is 0 Å². The Balaban J connectivity index is 2.43. The molecule has 0 unspecified atom stereocenters.